The van der Waals surface area contributed by atoms with Gasteiger partial charge in [-0.05, 0) is 18.2 Å². The number of halogens is 1. The number of nitrogens with two attached hydrogens (primary N) is 1. The van der Waals surface area contributed by atoms with E-state index in [2.05, 4.69) is 15.9 Å². The van der Waals surface area contributed by atoms with Crippen molar-refractivity contribution in [3.63, 3.8) is 0 Å². The average molecular weight is 334 g/mol. The Morgan fingerprint density at radius 2 is 2.11 bits per heavy atom. The summed E-state index contributed by atoms with van der Waals surface area (Å²) in [5, 5.41) is 9.70. The van der Waals surface area contributed by atoms with Crippen LogP contribution in [0.2, 0.25) is 0 Å². The molecule has 0 spiro atoms. The maximum atomic E-state index is 9.70. The van der Waals surface area contributed by atoms with E-state index in [4.69, 9.17) is 19.9 Å². The largest absolute Gasteiger partial charge is 0.490 e. The molecule has 5 nitrogen and oxygen atoms in total. The minimum atomic E-state index is -0.675. The summed E-state index contributed by atoms with van der Waals surface area (Å²) in [4.78, 5) is 0. The quantitative estimate of drug-likeness (QED) is 0.666. The topological polar surface area (TPSA) is 73.9 Å². The summed E-state index contributed by atoms with van der Waals surface area (Å²) in [7, 11) is 1.60. The zero-order chi connectivity index (χ0) is 14.1. The second-order valence-corrected chi connectivity index (χ2v) is 4.90. The minimum Gasteiger partial charge on any atom is -0.490 e. The van der Waals surface area contributed by atoms with Gasteiger partial charge in [0.25, 0.3) is 0 Å². The van der Waals surface area contributed by atoms with Crippen molar-refractivity contribution in [2.45, 2.75) is 12.6 Å². The molecule has 0 aromatic heterocycles. The van der Waals surface area contributed by atoms with Crippen molar-refractivity contribution in [2.75, 3.05) is 33.5 Å². The number of aliphatic hydroxyl groups is 1. The molecule has 0 heterocycles. The molecule has 0 aliphatic rings. The first-order valence-electron chi connectivity index (χ1n) is 6.03. The van der Waals surface area contributed by atoms with E-state index in [1.807, 2.05) is 18.2 Å². The standard InChI is InChI=1S/C13H20BrNO4/c1-17-4-5-18-8-12(16)9-19-13-3-2-11(14)6-10(13)7-15/h2-3,6,12,16H,4-5,7-9,15H2,1H3. The fourth-order valence-corrected chi connectivity index (χ4v) is 1.85. The van der Waals surface area contributed by atoms with Crippen molar-refractivity contribution < 1.29 is 19.3 Å². The van der Waals surface area contributed by atoms with Gasteiger partial charge in [-0.1, -0.05) is 15.9 Å². The predicted molar refractivity (Wildman–Crippen MR) is 76.2 cm³/mol. The van der Waals surface area contributed by atoms with E-state index in [-0.39, 0.29) is 13.2 Å². The highest BCUT2D eigenvalue weighted by molar-refractivity contribution is 9.10. The van der Waals surface area contributed by atoms with Gasteiger partial charge in [0, 0.05) is 23.7 Å². The number of benzene rings is 1. The fraction of sp³-hybridized carbons (Fsp3) is 0.538. The van der Waals surface area contributed by atoms with Crippen molar-refractivity contribution in [3.8, 4) is 5.75 Å². The highest BCUT2D eigenvalue weighted by atomic mass is 79.9. The van der Waals surface area contributed by atoms with E-state index in [1.54, 1.807) is 7.11 Å². The van der Waals surface area contributed by atoms with Gasteiger partial charge in [-0.2, -0.15) is 0 Å². The van der Waals surface area contributed by atoms with Crippen molar-refractivity contribution in [2.24, 2.45) is 5.73 Å². The fourth-order valence-electron chi connectivity index (χ4n) is 1.44. The van der Waals surface area contributed by atoms with Gasteiger partial charge in [0.15, 0.2) is 0 Å². The van der Waals surface area contributed by atoms with Gasteiger partial charge in [0.2, 0.25) is 0 Å². The molecule has 6 heteroatoms. The van der Waals surface area contributed by atoms with E-state index in [9.17, 15) is 5.11 Å². The van der Waals surface area contributed by atoms with E-state index in [1.165, 1.54) is 0 Å². The third-order valence-electron chi connectivity index (χ3n) is 2.42. The second kappa shape index (κ2) is 9.28. The van der Waals surface area contributed by atoms with Crippen LogP contribution in [0, 0.1) is 0 Å². The van der Waals surface area contributed by atoms with Crippen LogP contribution >= 0.6 is 15.9 Å². The van der Waals surface area contributed by atoms with E-state index < -0.39 is 6.10 Å². The van der Waals surface area contributed by atoms with Crippen LogP contribution < -0.4 is 10.5 Å². The molecule has 0 amide bonds. The summed E-state index contributed by atoms with van der Waals surface area (Å²) in [5.41, 5.74) is 6.53. The van der Waals surface area contributed by atoms with Gasteiger partial charge >= 0.3 is 0 Å². The molecular formula is C13H20BrNO4. The zero-order valence-electron chi connectivity index (χ0n) is 11.0. The molecule has 0 saturated heterocycles. The Bertz CT molecular complexity index is 376. The Morgan fingerprint density at radius 1 is 1.32 bits per heavy atom. The maximum Gasteiger partial charge on any atom is 0.123 e. The van der Waals surface area contributed by atoms with Gasteiger partial charge in [0.1, 0.15) is 18.5 Å². The lowest BCUT2D eigenvalue weighted by molar-refractivity contribution is -0.00431. The minimum absolute atomic E-state index is 0.168. The van der Waals surface area contributed by atoms with Crippen LogP contribution in [0.4, 0.5) is 0 Å². The van der Waals surface area contributed by atoms with Gasteiger partial charge in [-0.3, -0.25) is 0 Å². The van der Waals surface area contributed by atoms with Gasteiger partial charge in [-0.15, -0.1) is 0 Å². The average Bonchev–Trinajstić information content (AvgIpc) is 2.42. The summed E-state index contributed by atoms with van der Waals surface area (Å²) < 4.78 is 16.5. The molecule has 1 atom stereocenters. The third kappa shape index (κ3) is 6.35. The number of methoxy groups -OCH3 is 1. The first kappa shape index (κ1) is 16.4. The summed E-state index contributed by atoms with van der Waals surface area (Å²) in [6, 6.07) is 5.59. The van der Waals surface area contributed by atoms with Crippen LogP contribution in [-0.4, -0.2) is 44.7 Å². The Hall–Kier alpha value is -0.660. The second-order valence-electron chi connectivity index (χ2n) is 3.99. The van der Waals surface area contributed by atoms with Crippen molar-refractivity contribution in [1.82, 2.24) is 0 Å². The van der Waals surface area contributed by atoms with E-state index in [0.717, 1.165) is 10.0 Å². The van der Waals surface area contributed by atoms with Crippen LogP contribution in [0.15, 0.2) is 22.7 Å². The SMILES string of the molecule is COCCOCC(O)COc1ccc(Br)cc1CN. The maximum absolute atomic E-state index is 9.70. The zero-order valence-corrected chi connectivity index (χ0v) is 12.6. The molecule has 0 bridgehead atoms. The van der Waals surface area contributed by atoms with Gasteiger partial charge in [-0.25, -0.2) is 0 Å². The number of hydrogen-bond donors (Lipinski definition) is 2. The normalized spacial score (nSPS) is 12.4. The van der Waals surface area contributed by atoms with E-state index in [0.29, 0.717) is 25.5 Å². The van der Waals surface area contributed by atoms with Crippen LogP contribution in [0.1, 0.15) is 5.56 Å². The molecule has 1 unspecified atom stereocenters. The number of hydrogen-bond acceptors (Lipinski definition) is 5. The lowest BCUT2D eigenvalue weighted by atomic mass is 10.2. The Morgan fingerprint density at radius 3 is 2.79 bits per heavy atom. The summed E-state index contributed by atoms with van der Waals surface area (Å²) in [6.45, 7) is 1.74. The van der Waals surface area contributed by atoms with Crippen molar-refractivity contribution in [3.05, 3.63) is 28.2 Å². The molecule has 0 radical (unpaired) electrons. The number of rotatable bonds is 9. The highest BCUT2D eigenvalue weighted by Gasteiger charge is 2.08. The van der Waals surface area contributed by atoms with Crippen LogP contribution in [0.3, 0.4) is 0 Å². The Kier molecular flexibility index (Phi) is 8.00. The lowest BCUT2D eigenvalue weighted by Gasteiger charge is -2.15. The van der Waals surface area contributed by atoms with E-state index >= 15 is 0 Å². The van der Waals surface area contributed by atoms with Crippen molar-refractivity contribution >= 4 is 15.9 Å². The monoisotopic (exact) mass is 333 g/mol. The van der Waals surface area contributed by atoms with Gasteiger partial charge < -0.3 is 25.1 Å². The van der Waals surface area contributed by atoms with Gasteiger partial charge in [0.05, 0.1) is 19.8 Å². The Balaban J connectivity index is 2.35. The molecule has 1 rings (SSSR count). The molecule has 108 valence electrons. The van der Waals surface area contributed by atoms with Crippen LogP contribution in [-0.2, 0) is 16.0 Å². The summed E-state index contributed by atoms with van der Waals surface area (Å²) >= 11 is 3.37. The first-order chi connectivity index (χ1) is 9.17. The van der Waals surface area contributed by atoms with Crippen LogP contribution in [0.5, 0.6) is 5.75 Å². The third-order valence-corrected chi connectivity index (χ3v) is 2.91. The molecule has 1 aromatic rings. The molecule has 19 heavy (non-hydrogen) atoms. The molecule has 3 N–H and O–H groups in total. The lowest BCUT2D eigenvalue weighted by Crippen LogP contribution is -2.24. The summed E-state index contributed by atoms with van der Waals surface area (Å²) in [6.07, 6.45) is -0.675. The number of ether oxygens (including phenoxy) is 3. The van der Waals surface area contributed by atoms with Crippen LogP contribution in [0.25, 0.3) is 0 Å². The molecule has 1 aromatic carbocycles. The smallest absolute Gasteiger partial charge is 0.123 e. The molecule has 0 saturated carbocycles. The highest BCUT2D eigenvalue weighted by Crippen LogP contribution is 2.22. The van der Waals surface area contributed by atoms with Crippen molar-refractivity contribution in [1.29, 1.82) is 0 Å². The summed E-state index contributed by atoms with van der Waals surface area (Å²) in [5.74, 6) is 0.682. The molecular weight excluding hydrogens is 314 g/mol. The molecule has 0 aliphatic heterocycles. The first-order valence-corrected chi connectivity index (χ1v) is 6.82. The predicted octanol–water partition coefficient (Wildman–Crippen LogP) is 1.31. The Labute approximate surface area is 121 Å². The number of aliphatic hydroxyl groups excluding tert-OH is 1. The molecule has 0 aliphatic carbocycles. The molecule has 0 fully saturated rings.